The molecule has 21 heavy (non-hydrogen) atoms. The molecule has 118 valence electrons. The van der Waals surface area contributed by atoms with Gasteiger partial charge in [0, 0.05) is 12.5 Å². The molecule has 0 fully saturated rings. The molecule has 1 aromatic carbocycles. The second kappa shape index (κ2) is 6.90. The Morgan fingerprint density at radius 2 is 1.90 bits per heavy atom. The number of aliphatic carboxylic acids is 1. The average Bonchev–Trinajstić information content (AvgIpc) is 2.34. The molecule has 0 aliphatic heterocycles. The van der Waals surface area contributed by atoms with Gasteiger partial charge in [-0.15, -0.1) is 0 Å². The van der Waals surface area contributed by atoms with Gasteiger partial charge in [0.05, 0.1) is 0 Å². The van der Waals surface area contributed by atoms with Crippen LogP contribution in [0.25, 0.3) is 0 Å². The highest BCUT2D eigenvalue weighted by Gasteiger charge is 2.25. The van der Waals surface area contributed by atoms with E-state index in [1.807, 2.05) is 0 Å². The fourth-order valence-corrected chi connectivity index (χ4v) is 3.01. The maximum absolute atomic E-state index is 13.5. The van der Waals surface area contributed by atoms with E-state index in [0.29, 0.717) is 12.1 Å². The second-order valence-electron chi connectivity index (χ2n) is 4.48. The van der Waals surface area contributed by atoms with Crippen molar-refractivity contribution < 1.29 is 31.5 Å². The van der Waals surface area contributed by atoms with Crippen LogP contribution in [0.3, 0.4) is 0 Å². The number of sulfonamides is 1. The van der Waals surface area contributed by atoms with Crippen molar-refractivity contribution in [2.24, 2.45) is 0 Å². The summed E-state index contributed by atoms with van der Waals surface area (Å²) in [4.78, 5) is 9.34. The van der Waals surface area contributed by atoms with Gasteiger partial charge >= 0.3 is 5.97 Å². The lowest BCUT2D eigenvalue weighted by Crippen LogP contribution is -2.33. The number of carboxylic acid groups (broad SMARTS) is 1. The van der Waals surface area contributed by atoms with Crippen LogP contribution in [0, 0.1) is 17.5 Å². The molecule has 2 N–H and O–H groups in total. The van der Waals surface area contributed by atoms with Crippen molar-refractivity contribution in [3.05, 3.63) is 29.6 Å². The van der Waals surface area contributed by atoms with Gasteiger partial charge in [-0.05, 0) is 31.9 Å². The van der Waals surface area contributed by atoms with E-state index < -0.39 is 44.4 Å². The molecule has 1 rings (SSSR count). The lowest BCUT2D eigenvalue weighted by atomic mass is 10.1. The number of hydrogen-bond acceptors (Lipinski definition) is 3. The van der Waals surface area contributed by atoms with E-state index >= 15 is 0 Å². The molecule has 0 aromatic heterocycles. The minimum Gasteiger partial charge on any atom is -0.481 e. The van der Waals surface area contributed by atoms with Crippen LogP contribution in [0.4, 0.5) is 13.2 Å². The van der Waals surface area contributed by atoms with Crippen molar-refractivity contribution in [3.8, 4) is 0 Å². The maximum atomic E-state index is 13.5. The lowest BCUT2D eigenvalue weighted by Gasteiger charge is -2.14. The summed E-state index contributed by atoms with van der Waals surface area (Å²) < 4.78 is 65.1. The minimum atomic E-state index is -4.36. The SMILES string of the molecule is CC(CCCC(=O)O)NS(=O)(=O)c1ccc(F)c(F)c1F. The maximum Gasteiger partial charge on any atom is 0.303 e. The van der Waals surface area contributed by atoms with Crippen molar-refractivity contribution in [1.82, 2.24) is 4.72 Å². The Balaban J connectivity index is 2.82. The van der Waals surface area contributed by atoms with Gasteiger partial charge in [0.2, 0.25) is 10.0 Å². The first-order chi connectivity index (χ1) is 9.65. The summed E-state index contributed by atoms with van der Waals surface area (Å²) in [5, 5.41) is 8.46. The van der Waals surface area contributed by atoms with Gasteiger partial charge < -0.3 is 5.11 Å². The average molecular weight is 325 g/mol. The van der Waals surface area contributed by atoms with Crippen LogP contribution in [0.2, 0.25) is 0 Å². The van der Waals surface area contributed by atoms with E-state index in [1.54, 1.807) is 0 Å². The van der Waals surface area contributed by atoms with Gasteiger partial charge in [0.1, 0.15) is 4.90 Å². The van der Waals surface area contributed by atoms with Gasteiger partial charge in [-0.3, -0.25) is 4.79 Å². The highest BCUT2D eigenvalue weighted by Crippen LogP contribution is 2.20. The first-order valence-corrected chi connectivity index (χ1v) is 7.51. The minimum absolute atomic E-state index is 0.133. The number of hydrogen-bond donors (Lipinski definition) is 2. The van der Waals surface area contributed by atoms with Crippen molar-refractivity contribution >= 4 is 16.0 Å². The number of nitrogens with one attached hydrogen (secondary N) is 1. The third-order valence-corrected chi connectivity index (χ3v) is 4.28. The molecular weight excluding hydrogens is 311 g/mol. The van der Waals surface area contributed by atoms with E-state index in [-0.39, 0.29) is 19.3 Å². The molecule has 1 unspecified atom stereocenters. The van der Waals surface area contributed by atoms with Gasteiger partial charge in [-0.25, -0.2) is 26.3 Å². The van der Waals surface area contributed by atoms with E-state index in [0.717, 1.165) is 0 Å². The van der Waals surface area contributed by atoms with Crippen molar-refractivity contribution in [1.29, 1.82) is 0 Å². The monoisotopic (exact) mass is 325 g/mol. The van der Waals surface area contributed by atoms with E-state index in [4.69, 9.17) is 5.11 Å². The molecule has 0 saturated heterocycles. The molecule has 0 heterocycles. The molecule has 0 aliphatic carbocycles. The summed E-state index contributed by atoms with van der Waals surface area (Å²) >= 11 is 0. The summed E-state index contributed by atoms with van der Waals surface area (Å²) in [6.45, 7) is 1.46. The predicted molar refractivity (Wildman–Crippen MR) is 67.6 cm³/mol. The van der Waals surface area contributed by atoms with Crippen molar-refractivity contribution in [2.75, 3.05) is 0 Å². The van der Waals surface area contributed by atoms with Crippen LogP contribution in [0.5, 0.6) is 0 Å². The Morgan fingerprint density at radius 1 is 1.29 bits per heavy atom. The number of carboxylic acids is 1. The summed E-state index contributed by atoms with van der Waals surface area (Å²) in [5.41, 5.74) is 0. The third-order valence-electron chi connectivity index (χ3n) is 2.67. The molecule has 0 saturated carbocycles. The van der Waals surface area contributed by atoms with Gasteiger partial charge in [0.15, 0.2) is 17.5 Å². The fraction of sp³-hybridized carbons (Fsp3) is 0.417. The molecule has 0 bridgehead atoms. The first kappa shape index (κ1) is 17.4. The summed E-state index contributed by atoms with van der Waals surface area (Å²) in [5.74, 6) is -6.16. The molecule has 0 aliphatic rings. The lowest BCUT2D eigenvalue weighted by molar-refractivity contribution is -0.137. The molecule has 9 heteroatoms. The Morgan fingerprint density at radius 3 is 2.48 bits per heavy atom. The van der Waals surface area contributed by atoms with Crippen LogP contribution in [-0.2, 0) is 14.8 Å². The standard InChI is InChI=1S/C12H14F3NO4S/c1-7(3-2-4-10(17)18)16-21(19,20)9-6-5-8(13)11(14)12(9)15/h5-7,16H,2-4H2,1H3,(H,17,18). The van der Waals surface area contributed by atoms with Crippen LogP contribution >= 0.6 is 0 Å². The molecule has 1 aromatic rings. The van der Waals surface area contributed by atoms with Crippen LogP contribution in [-0.4, -0.2) is 25.5 Å². The number of benzene rings is 1. The van der Waals surface area contributed by atoms with E-state index in [9.17, 15) is 26.4 Å². The van der Waals surface area contributed by atoms with Gasteiger partial charge in [-0.2, -0.15) is 0 Å². The zero-order chi connectivity index (χ0) is 16.2. The summed E-state index contributed by atoms with van der Waals surface area (Å²) in [7, 11) is -4.36. The fourth-order valence-electron chi connectivity index (χ4n) is 1.66. The smallest absolute Gasteiger partial charge is 0.303 e. The van der Waals surface area contributed by atoms with Crippen molar-refractivity contribution in [3.63, 3.8) is 0 Å². The Kier molecular flexibility index (Phi) is 5.73. The van der Waals surface area contributed by atoms with Crippen LogP contribution in [0.1, 0.15) is 26.2 Å². The first-order valence-electron chi connectivity index (χ1n) is 6.02. The Labute approximate surface area is 119 Å². The zero-order valence-electron chi connectivity index (χ0n) is 11.1. The largest absolute Gasteiger partial charge is 0.481 e. The van der Waals surface area contributed by atoms with Crippen molar-refractivity contribution in [2.45, 2.75) is 37.1 Å². The van der Waals surface area contributed by atoms with Gasteiger partial charge in [-0.1, -0.05) is 0 Å². The zero-order valence-corrected chi connectivity index (χ0v) is 11.9. The molecular formula is C12H14F3NO4S. The molecule has 0 amide bonds. The molecule has 5 nitrogen and oxygen atoms in total. The van der Waals surface area contributed by atoms with Gasteiger partial charge in [0.25, 0.3) is 0 Å². The molecule has 1 atom stereocenters. The molecule has 0 spiro atoms. The highest BCUT2D eigenvalue weighted by molar-refractivity contribution is 7.89. The quantitative estimate of drug-likeness (QED) is 0.751. The summed E-state index contributed by atoms with van der Waals surface area (Å²) in [6, 6.07) is 0.462. The van der Waals surface area contributed by atoms with Crippen LogP contribution < -0.4 is 4.72 Å². The highest BCUT2D eigenvalue weighted by atomic mass is 32.2. The number of halogens is 3. The van der Waals surface area contributed by atoms with Crippen LogP contribution in [0.15, 0.2) is 17.0 Å². The third kappa shape index (κ3) is 4.71. The topological polar surface area (TPSA) is 83.5 Å². The van der Waals surface area contributed by atoms with E-state index in [1.165, 1.54) is 6.92 Å². The predicted octanol–water partition coefficient (Wildman–Crippen LogP) is 2.03. The normalized spacial score (nSPS) is 13.1. The second-order valence-corrected chi connectivity index (χ2v) is 6.16. The van der Waals surface area contributed by atoms with E-state index in [2.05, 4.69) is 4.72 Å². The number of carbonyl (C=O) groups is 1. The number of rotatable bonds is 7. The molecule has 0 radical (unpaired) electrons. The summed E-state index contributed by atoms with van der Waals surface area (Å²) in [6.07, 6.45) is 0.293. The Bertz CT molecular complexity index is 634. The Hall–Kier alpha value is -1.61.